The molecule has 2 aromatic rings. The molecule has 0 saturated carbocycles. The summed E-state index contributed by atoms with van der Waals surface area (Å²) in [4.78, 5) is 12.2. The van der Waals surface area contributed by atoms with Gasteiger partial charge in [0.1, 0.15) is 6.04 Å². The van der Waals surface area contributed by atoms with E-state index in [9.17, 15) is 4.79 Å². The van der Waals surface area contributed by atoms with Gasteiger partial charge in [0.05, 0.1) is 6.61 Å². The van der Waals surface area contributed by atoms with Crippen LogP contribution >= 0.6 is 11.6 Å². The maximum atomic E-state index is 12.2. The fourth-order valence-corrected chi connectivity index (χ4v) is 2.42. The Morgan fingerprint density at radius 3 is 2.59 bits per heavy atom. The number of hydrogen-bond acceptors (Lipinski definition) is 4. The SMILES string of the molecule is CCOC(=O)[C@@H](NCc1c(N)cccc1Cl)c1ccccc1. The maximum absolute atomic E-state index is 12.2. The van der Waals surface area contributed by atoms with Gasteiger partial charge in [0, 0.05) is 22.8 Å². The second-order valence-corrected chi connectivity index (χ2v) is 5.19. The minimum atomic E-state index is -0.558. The quantitative estimate of drug-likeness (QED) is 0.633. The van der Waals surface area contributed by atoms with E-state index < -0.39 is 6.04 Å². The van der Waals surface area contributed by atoms with Gasteiger partial charge in [-0.2, -0.15) is 0 Å². The number of nitrogen functional groups attached to an aromatic ring is 1. The molecular formula is C17H19ClN2O2. The molecule has 0 amide bonds. The Bertz CT molecular complexity index is 612. The molecule has 0 saturated heterocycles. The van der Waals surface area contributed by atoms with Crippen molar-refractivity contribution in [3.8, 4) is 0 Å². The molecule has 3 N–H and O–H groups in total. The summed E-state index contributed by atoms with van der Waals surface area (Å²) < 4.78 is 5.14. The predicted molar refractivity (Wildman–Crippen MR) is 88.5 cm³/mol. The molecule has 22 heavy (non-hydrogen) atoms. The number of anilines is 1. The van der Waals surface area contributed by atoms with Crippen LogP contribution in [0.5, 0.6) is 0 Å². The summed E-state index contributed by atoms with van der Waals surface area (Å²) >= 11 is 6.16. The van der Waals surface area contributed by atoms with Crippen LogP contribution in [0.4, 0.5) is 5.69 Å². The second-order valence-electron chi connectivity index (χ2n) is 4.78. The molecule has 1 atom stereocenters. The Balaban J connectivity index is 2.19. The fourth-order valence-electron chi connectivity index (χ4n) is 2.17. The van der Waals surface area contributed by atoms with Crippen LogP contribution in [0.2, 0.25) is 5.02 Å². The number of esters is 1. The van der Waals surface area contributed by atoms with Crippen LogP contribution in [0, 0.1) is 0 Å². The third-order valence-corrected chi connectivity index (χ3v) is 3.65. The molecule has 0 spiro atoms. The number of carbonyl (C=O) groups excluding carboxylic acids is 1. The van der Waals surface area contributed by atoms with Crippen LogP contribution < -0.4 is 11.1 Å². The summed E-state index contributed by atoms with van der Waals surface area (Å²) in [7, 11) is 0. The minimum absolute atomic E-state index is 0.320. The summed E-state index contributed by atoms with van der Waals surface area (Å²) in [5.41, 5.74) is 8.15. The molecule has 2 rings (SSSR count). The molecule has 5 heteroatoms. The predicted octanol–water partition coefficient (Wildman–Crippen LogP) is 3.32. The fraction of sp³-hybridized carbons (Fsp3) is 0.235. The molecule has 4 nitrogen and oxygen atoms in total. The van der Waals surface area contributed by atoms with Crippen LogP contribution in [0.3, 0.4) is 0 Å². The zero-order chi connectivity index (χ0) is 15.9. The average Bonchev–Trinajstić information content (AvgIpc) is 2.51. The first-order valence-corrected chi connectivity index (χ1v) is 7.49. The molecule has 0 fully saturated rings. The van der Waals surface area contributed by atoms with Gasteiger partial charge in [0.25, 0.3) is 0 Å². The van der Waals surface area contributed by atoms with Crippen molar-refractivity contribution in [1.82, 2.24) is 5.32 Å². The Labute approximate surface area is 135 Å². The molecule has 0 aromatic heterocycles. The number of carbonyl (C=O) groups is 1. The van der Waals surface area contributed by atoms with E-state index in [2.05, 4.69) is 5.32 Å². The number of hydrogen-bond donors (Lipinski definition) is 2. The van der Waals surface area contributed by atoms with Crippen molar-refractivity contribution in [2.45, 2.75) is 19.5 Å². The lowest BCUT2D eigenvalue weighted by atomic mass is 10.1. The van der Waals surface area contributed by atoms with E-state index in [1.54, 1.807) is 25.1 Å². The van der Waals surface area contributed by atoms with E-state index in [1.807, 2.05) is 30.3 Å². The van der Waals surface area contributed by atoms with Crippen molar-refractivity contribution >= 4 is 23.3 Å². The smallest absolute Gasteiger partial charge is 0.327 e. The third kappa shape index (κ3) is 4.00. The zero-order valence-electron chi connectivity index (χ0n) is 12.4. The molecule has 116 valence electrons. The lowest BCUT2D eigenvalue weighted by Gasteiger charge is -2.18. The summed E-state index contributed by atoms with van der Waals surface area (Å²) in [5.74, 6) is -0.320. The molecular weight excluding hydrogens is 300 g/mol. The molecule has 0 radical (unpaired) electrons. The van der Waals surface area contributed by atoms with Gasteiger partial charge in [0.2, 0.25) is 0 Å². The lowest BCUT2D eigenvalue weighted by Crippen LogP contribution is -2.30. The first-order chi connectivity index (χ1) is 10.6. The van der Waals surface area contributed by atoms with E-state index in [1.165, 1.54) is 0 Å². The van der Waals surface area contributed by atoms with Crippen LogP contribution in [0.1, 0.15) is 24.1 Å². The largest absolute Gasteiger partial charge is 0.465 e. The Morgan fingerprint density at radius 1 is 1.23 bits per heavy atom. The maximum Gasteiger partial charge on any atom is 0.327 e. The van der Waals surface area contributed by atoms with Crippen LogP contribution in [0.15, 0.2) is 48.5 Å². The molecule has 0 heterocycles. The Morgan fingerprint density at radius 2 is 1.95 bits per heavy atom. The van der Waals surface area contributed by atoms with Crippen LogP contribution in [-0.2, 0) is 16.1 Å². The molecule has 0 aliphatic carbocycles. The number of halogens is 1. The normalized spacial score (nSPS) is 11.9. The van der Waals surface area contributed by atoms with Gasteiger partial charge in [-0.1, -0.05) is 48.0 Å². The van der Waals surface area contributed by atoms with Gasteiger partial charge >= 0.3 is 5.97 Å². The van der Waals surface area contributed by atoms with E-state index in [0.717, 1.165) is 11.1 Å². The lowest BCUT2D eigenvalue weighted by molar-refractivity contribution is -0.145. The number of rotatable bonds is 6. The van der Waals surface area contributed by atoms with Crippen molar-refractivity contribution < 1.29 is 9.53 Å². The van der Waals surface area contributed by atoms with Crippen molar-refractivity contribution in [2.75, 3.05) is 12.3 Å². The highest BCUT2D eigenvalue weighted by molar-refractivity contribution is 6.31. The molecule has 0 bridgehead atoms. The average molecular weight is 319 g/mol. The van der Waals surface area contributed by atoms with Crippen LogP contribution in [0.25, 0.3) is 0 Å². The first-order valence-electron chi connectivity index (χ1n) is 7.11. The highest BCUT2D eigenvalue weighted by atomic mass is 35.5. The van der Waals surface area contributed by atoms with Crippen LogP contribution in [-0.4, -0.2) is 12.6 Å². The van der Waals surface area contributed by atoms with Gasteiger partial charge in [0.15, 0.2) is 0 Å². The van der Waals surface area contributed by atoms with Crippen molar-refractivity contribution in [3.63, 3.8) is 0 Å². The van der Waals surface area contributed by atoms with E-state index in [4.69, 9.17) is 22.1 Å². The number of nitrogens with two attached hydrogens (primary N) is 1. The summed E-state index contributed by atoms with van der Waals surface area (Å²) in [6, 6.07) is 14.2. The van der Waals surface area contributed by atoms with Gasteiger partial charge in [-0.3, -0.25) is 5.32 Å². The Hall–Kier alpha value is -2.04. The highest BCUT2D eigenvalue weighted by Crippen LogP contribution is 2.23. The summed E-state index contributed by atoms with van der Waals surface area (Å²) in [5, 5.41) is 3.75. The number of ether oxygens (including phenoxy) is 1. The zero-order valence-corrected chi connectivity index (χ0v) is 13.1. The standard InChI is InChI=1S/C17H19ClN2O2/c1-2-22-17(21)16(12-7-4-3-5-8-12)20-11-13-14(18)9-6-10-15(13)19/h3-10,16,20H,2,11,19H2,1H3/t16-/m0/s1. The van der Waals surface area contributed by atoms with E-state index in [-0.39, 0.29) is 5.97 Å². The summed E-state index contributed by atoms with van der Waals surface area (Å²) in [6.45, 7) is 2.49. The third-order valence-electron chi connectivity index (χ3n) is 3.29. The second kappa shape index (κ2) is 7.82. The molecule has 0 unspecified atom stereocenters. The molecule has 0 aliphatic rings. The van der Waals surface area contributed by atoms with Crippen molar-refractivity contribution in [3.05, 3.63) is 64.7 Å². The highest BCUT2D eigenvalue weighted by Gasteiger charge is 2.21. The number of benzene rings is 2. The van der Waals surface area contributed by atoms with Crippen molar-refractivity contribution in [1.29, 1.82) is 0 Å². The van der Waals surface area contributed by atoms with Gasteiger partial charge < -0.3 is 10.5 Å². The monoisotopic (exact) mass is 318 g/mol. The van der Waals surface area contributed by atoms with E-state index >= 15 is 0 Å². The molecule has 2 aromatic carbocycles. The Kier molecular flexibility index (Phi) is 5.81. The minimum Gasteiger partial charge on any atom is -0.465 e. The summed E-state index contributed by atoms with van der Waals surface area (Å²) in [6.07, 6.45) is 0. The van der Waals surface area contributed by atoms with E-state index in [0.29, 0.717) is 23.9 Å². The first kappa shape index (κ1) is 16.3. The topological polar surface area (TPSA) is 64.3 Å². The van der Waals surface area contributed by atoms with Gasteiger partial charge in [-0.15, -0.1) is 0 Å². The van der Waals surface area contributed by atoms with Gasteiger partial charge in [-0.25, -0.2) is 4.79 Å². The number of nitrogens with one attached hydrogen (secondary N) is 1. The van der Waals surface area contributed by atoms with Gasteiger partial charge in [-0.05, 0) is 24.6 Å². The van der Waals surface area contributed by atoms with Crippen molar-refractivity contribution in [2.24, 2.45) is 0 Å². The molecule has 0 aliphatic heterocycles.